The van der Waals surface area contributed by atoms with E-state index in [1.807, 2.05) is 0 Å². The van der Waals surface area contributed by atoms with E-state index in [4.69, 9.17) is 4.74 Å². The number of hydrogen-bond acceptors (Lipinski definition) is 3. The molecule has 1 unspecified atom stereocenters. The summed E-state index contributed by atoms with van der Waals surface area (Å²) in [5.41, 5.74) is 0. The number of nitrogens with zero attached hydrogens (tertiary/aromatic N) is 1. The molecule has 1 atom stereocenters. The van der Waals surface area contributed by atoms with E-state index in [2.05, 4.69) is 10.2 Å². The average molecular weight is 226 g/mol. The Balaban J connectivity index is 1.47. The molecule has 2 rings (SSSR count). The van der Waals surface area contributed by atoms with Crippen molar-refractivity contribution >= 4 is 0 Å². The van der Waals surface area contributed by atoms with Crippen molar-refractivity contribution in [1.82, 2.24) is 10.2 Å². The van der Waals surface area contributed by atoms with Gasteiger partial charge < -0.3 is 15.0 Å². The Labute approximate surface area is 99.5 Å². The fourth-order valence-corrected chi connectivity index (χ4v) is 2.67. The van der Waals surface area contributed by atoms with Crippen molar-refractivity contribution in [3.05, 3.63) is 0 Å². The fourth-order valence-electron chi connectivity index (χ4n) is 2.67. The Morgan fingerprint density at radius 1 is 1.06 bits per heavy atom. The lowest BCUT2D eigenvalue weighted by Crippen LogP contribution is -2.38. The van der Waals surface area contributed by atoms with Crippen molar-refractivity contribution < 1.29 is 4.74 Å². The Bertz CT molecular complexity index is 155. The Hall–Kier alpha value is -0.120. The molecule has 0 bridgehead atoms. The summed E-state index contributed by atoms with van der Waals surface area (Å²) in [5, 5.41) is 3.52. The molecule has 2 aliphatic rings. The minimum atomic E-state index is 0.620. The van der Waals surface area contributed by atoms with E-state index in [0.29, 0.717) is 6.04 Å². The lowest BCUT2D eigenvalue weighted by atomic mass is 10.1. The summed E-state index contributed by atoms with van der Waals surface area (Å²) in [6.45, 7) is 6.70. The highest BCUT2D eigenvalue weighted by atomic mass is 16.5. The fraction of sp³-hybridized carbons (Fsp3) is 1.00. The van der Waals surface area contributed by atoms with Gasteiger partial charge in [0.05, 0.1) is 13.2 Å². The minimum absolute atomic E-state index is 0.620. The smallest absolute Gasteiger partial charge is 0.0620 e. The monoisotopic (exact) mass is 226 g/mol. The summed E-state index contributed by atoms with van der Waals surface area (Å²) in [4.78, 5) is 2.54. The van der Waals surface area contributed by atoms with Gasteiger partial charge in [-0.25, -0.2) is 0 Å². The highest BCUT2D eigenvalue weighted by molar-refractivity contribution is 4.71. The molecular formula is C13H26N2O. The molecule has 2 saturated heterocycles. The van der Waals surface area contributed by atoms with Crippen LogP contribution in [0.25, 0.3) is 0 Å². The van der Waals surface area contributed by atoms with E-state index >= 15 is 0 Å². The predicted octanol–water partition coefficient (Wildman–Crippen LogP) is 1.63. The van der Waals surface area contributed by atoms with Gasteiger partial charge >= 0.3 is 0 Å². The molecule has 0 spiro atoms. The van der Waals surface area contributed by atoms with Crippen molar-refractivity contribution in [3.63, 3.8) is 0 Å². The largest absolute Gasteiger partial charge is 0.379 e. The molecule has 0 radical (unpaired) electrons. The molecule has 1 N–H and O–H groups in total. The van der Waals surface area contributed by atoms with E-state index in [1.54, 1.807) is 0 Å². The second-order valence-electron chi connectivity index (χ2n) is 5.12. The Morgan fingerprint density at radius 3 is 2.69 bits per heavy atom. The number of ether oxygens (including phenoxy) is 1. The number of nitrogens with one attached hydrogen (secondary N) is 1. The summed E-state index contributed by atoms with van der Waals surface area (Å²) in [6.07, 6.45) is 8.18. The second-order valence-corrected chi connectivity index (χ2v) is 5.12. The third-order valence-electron chi connectivity index (χ3n) is 3.73. The van der Waals surface area contributed by atoms with Gasteiger partial charge in [-0.15, -0.1) is 0 Å². The molecule has 3 nitrogen and oxygen atoms in total. The van der Waals surface area contributed by atoms with E-state index in [0.717, 1.165) is 19.8 Å². The normalized spacial score (nSPS) is 28.1. The zero-order chi connectivity index (χ0) is 11.1. The third-order valence-corrected chi connectivity index (χ3v) is 3.73. The quantitative estimate of drug-likeness (QED) is 0.721. The van der Waals surface area contributed by atoms with Crippen LogP contribution in [0.5, 0.6) is 0 Å². The summed E-state index contributed by atoms with van der Waals surface area (Å²) in [5.74, 6) is 0. The first-order chi connectivity index (χ1) is 7.95. The van der Waals surface area contributed by atoms with E-state index in [9.17, 15) is 0 Å². The van der Waals surface area contributed by atoms with Crippen LogP contribution in [0.15, 0.2) is 0 Å². The molecule has 2 aliphatic heterocycles. The third kappa shape index (κ3) is 4.40. The van der Waals surface area contributed by atoms with Crippen LogP contribution in [-0.2, 0) is 4.74 Å². The number of hydrogen-bond donors (Lipinski definition) is 1. The molecule has 0 aromatic rings. The first-order valence-electron chi connectivity index (χ1n) is 6.98. The van der Waals surface area contributed by atoms with Crippen LogP contribution in [0, 0.1) is 0 Å². The van der Waals surface area contributed by atoms with Gasteiger partial charge in [-0.2, -0.15) is 0 Å². The lowest BCUT2D eigenvalue weighted by molar-refractivity contribution is 0.0762. The number of likely N-dealkylation sites (tertiary alicyclic amines) is 1. The molecule has 16 heavy (non-hydrogen) atoms. The van der Waals surface area contributed by atoms with Crippen molar-refractivity contribution in [1.29, 1.82) is 0 Å². The van der Waals surface area contributed by atoms with Crippen LogP contribution < -0.4 is 5.32 Å². The minimum Gasteiger partial charge on any atom is -0.379 e. The predicted molar refractivity (Wildman–Crippen MR) is 66.8 cm³/mol. The molecule has 0 aromatic heterocycles. The van der Waals surface area contributed by atoms with Crippen LogP contribution >= 0.6 is 0 Å². The van der Waals surface area contributed by atoms with Gasteiger partial charge in [-0.1, -0.05) is 12.8 Å². The van der Waals surface area contributed by atoms with Crippen molar-refractivity contribution in [3.8, 4) is 0 Å². The lowest BCUT2D eigenvalue weighted by Gasteiger charge is -2.27. The summed E-state index contributed by atoms with van der Waals surface area (Å²) < 4.78 is 5.77. The maximum atomic E-state index is 5.77. The molecule has 0 amide bonds. The van der Waals surface area contributed by atoms with Gasteiger partial charge in [-0.05, 0) is 45.3 Å². The van der Waals surface area contributed by atoms with Gasteiger partial charge in [0, 0.05) is 12.6 Å². The zero-order valence-electron chi connectivity index (χ0n) is 10.4. The molecule has 3 heteroatoms. The van der Waals surface area contributed by atoms with Crippen molar-refractivity contribution in [2.75, 3.05) is 39.4 Å². The second kappa shape index (κ2) is 7.25. The van der Waals surface area contributed by atoms with Crippen LogP contribution in [-0.4, -0.2) is 50.3 Å². The standard InChI is InChI=1S/C13H26N2O/c1-4-8-15(9-5-1)10-11-16-12-13-6-2-3-7-14-13/h13-14H,1-12H2. The van der Waals surface area contributed by atoms with E-state index in [-0.39, 0.29) is 0 Å². The average Bonchev–Trinajstić information content (AvgIpc) is 2.37. The van der Waals surface area contributed by atoms with E-state index in [1.165, 1.54) is 58.2 Å². The molecule has 0 aromatic carbocycles. The van der Waals surface area contributed by atoms with Gasteiger partial charge in [0.15, 0.2) is 0 Å². The van der Waals surface area contributed by atoms with Gasteiger partial charge in [0.2, 0.25) is 0 Å². The summed E-state index contributed by atoms with van der Waals surface area (Å²) in [7, 11) is 0. The Morgan fingerprint density at radius 2 is 1.94 bits per heavy atom. The SMILES string of the molecule is C1CCN(CCOCC2CCCCN2)CC1. The first-order valence-corrected chi connectivity index (χ1v) is 6.98. The van der Waals surface area contributed by atoms with Crippen molar-refractivity contribution in [2.24, 2.45) is 0 Å². The zero-order valence-corrected chi connectivity index (χ0v) is 10.4. The van der Waals surface area contributed by atoms with E-state index < -0.39 is 0 Å². The highest BCUT2D eigenvalue weighted by Gasteiger charge is 2.13. The van der Waals surface area contributed by atoms with Gasteiger partial charge in [-0.3, -0.25) is 0 Å². The molecule has 2 fully saturated rings. The molecular weight excluding hydrogens is 200 g/mol. The number of rotatable bonds is 5. The topological polar surface area (TPSA) is 24.5 Å². The van der Waals surface area contributed by atoms with Crippen LogP contribution in [0.1, 0.15) is 38.5 Å². The maximum absolute atomic E-state index is 5.77. The van der Waals surface area contributed by atoms with Crippen molar-refractivity contribution in [2.45, 2.75) is 44.6 Å². The highest BCUT2D eigenvalue weighted by Crippen LogP contribution is 2.09. The maximum Gasteiger partial charge on any atom is 0.0620 e. The van der Waals surface area contributed by atoms with Crippen LogP contribution in [0.2, 0.25) is 0 Å². The summed E-state index contributed by atoms with van der Waals surface area (Å²) >= 11 is 0. The van der Waals surface area contributed by atoms with Crippen LogP contribution in [0.4, 0.5) is 0 Å². The van der Waals surface area contributed by atoms with Crippen LogP contribution in [0.3, 0.4) is 0 Å². The summed E-state index contributed by atoms with van der Waals surface area (Å²) in [6, 6.07) is 0.620. The Kier molecular flexibility index (Phi) is 5.59. The van der Waals surface area contributed by atoms with Gasteiger partial charge in [0.1, 0.15) is 0 Å². The molecule has 94 valence electrons. The molecule has 0 aliphatic carbocycles. The van der Waals surface area contributed by atoms with Gasteiger partial charge in [0.25, 0.3) is 0 Å². The molecule has 2 heterocycles. The molecule has 0 saturated carbocycles. The first kappa shape index (κ1) is 12.3. The number of piperidine rings is 2.